The molecule has 0 amide bonds. The molecular formula is C10H10O5. The van der Waals surface area contributed by atoms with Crippen LogP contribution in [0.1, 0.15) is 10.4 Å². The first-order valence-corrected chi connectivity index (χ1v) is 4.10. The number of ether oxygens (including phenoxy) is 2. The lowest BCUT2D eigenvalue weighted by Crippen LogP contribution is -2.14. The van der Waals surface area contributed by atoms with Gasteiger partial charge >= 0.3 is 5.97 Å². The molecule has 1 N–H and O–H groups in total. The summed E-state index contributed by atoms with van der Waals surface area (Å²) in [6.07, 6.45) is 0. The molecule has 5 nitrogen and oxygen atoms in total. The van der Waals surface area contributed by atoms with E-state index >= 15 is 0 Å². The van der Waals surface area contributed by atoms with Gasteiger partial charge in [-0.2, -0.15) is 0 Å². The van der Waals surface area contributed by atoms with Crippen molar-refractivity contribution in [1.29, 1.82) is 0 Å². The Labute approximate surface area is 86.2 Å². The standard InChI is InChI=1S/C10H10O5/c1-14-7-5-3-4-6(9(7)15-2)8(11)10(12)13/h3-5H,1-2H3,(H,12,13). The second-order valence-electron chi connectivity index (χ2n) is 2.68. The Hall–Kier alpha value is -2.04. The molecule has 0 aromatic heterocycles. The van der Waals surface area contributed by atoms with Gasteiger partial charge in [-0.15, -0.1) is 0 Å². The lowest BCUT2D eigenvalue weighted by Gasteiger charge is -2.09. The Morgan fingerprint density at radius 3 is 2.33 bits per heavy atom. The second kappa shape index (κ2) is 4.45. The number of carboxylic acids is 1. The quantitative estimate of drug-likeness (QED) is 0.592. The van der Waals surface area contributed by atoms with Gasteiger partial charge in [0.1, 0.15) is 0 Å². The van der Waals surface area contributed by atoms with E-state index in [1.807, 2.05) is 0 Å². The van der Waals surface area contributed by atoms with E-state index in [4.69, 9.17) is 14.6 Å². The predicted octanol–water partition coefficient (Wildman–Crippen LogP) is 0.971. The van der Waals surface area contributed by atoms with E-state index in [1.54, 1.807) is 6.07 Å². The van der Waals surface area contributed by atoms with Crippen molar-refractivity contribution in [1.82, 2.24) is 0 Å². The molecule has 0 fully saturated rings. The van der Waals surface area contributed by atoms with E-state index in [-0.39, 0.29) is 11.3 Å². The molecule has 0 aliphatic heterocycles. The Kier molecular flexibility index (Phi) is 3.28. The van der Waals surface area contributed by atoms with Crippen LogP contribution in [0.15, 0.2) is 18.2 Å². The zero-order chi connectivity index (χ0) is 11.4. The van der Waals surface area contributed by atoms with Crippen molar-refractivity contribution in [2.75, 3.05) is 14.2 Å². The molecule has 1 aromatic rings. The first-order valence-electron chi connectivity index (χ1n) is 4.10. The van der Waals surface area contributed by atoms with Crippen LogP contribution in [-0.2, 0) is 4.79 Å². The van der Waals surface area contributed by atoms with Crippen LogP contribution in [0.4, 0.5) is 0 Å². The Balaban J connectivity index is 3.29. The van der Waals surface area contributed by atoms with Crippen molar-refractivity contribution >= 4 is 11.8 Å². The average molecular weight is 210 g/mol. The number of aliphatic carboxylic acids is 1. The summed E-state index contributed by atoms with van der Waals surface area (Å²) >= 11 is 0. The van der Waals surface area contributed by atoms with Crippen molar-refractivity contribution in [2.45, 2.75) is 0 Å². The van der Waals surface area contributed by atoms with Crippen LogP contribution in [0.25, 0.3) is 0 Å². The number of rotatable bonds is 4. The molecule has 1 rings (SSSR count). The lowest BCUT2D eigenvalue weighted by atomic mass is 10.1. The van der Waals surface area contributed by atoms with Gasteiger partial charge < -0.3 is 14.6 Å². The molecule has 5 heteroatoms. The third kappa shape index (κ3) is 2.07. The molecule has 15 heavy (non-hydrogen) atoms. The Morgan fingerprint density at radius 1 is 1.20 bits per heavy atom. The van der Waals surface area contributed by atoms with Crippen LogP contribution < -0.4 is 9.47 Å². The summed E-state index contributed by atoms with van der Waals surface area (Å²) in [7, 11) is 2.75. The number of methoxy groups -OCH3 is 2. The number of carbonyl (C=O) groups is 2. The smallest absolute Gasteiger partial charge is 0.377 e. The summed E-state index contributed by atoms with van der Waals surface area (Å²) in [5.41, 5.74) is -0.0237. The maximum absolute atomic E-state index is 11.3. The van der Waals surface area contributed by atoms with Gasteiger partial charge in [0.2, 0.25) is 0 Å². The van der Waals surface area contributed by atoms with E-state index in [9.17, 15) is 9.59 Å². The summed E-state index contributed by atoms with van der Waals surface area (Å²) in [6.45, 7) is 0. The largest absolute Gasteiger partial charge is 0.493 e. The highest BCUT2D eigenvalue weighted by Gasteiger charge is 2.21. The molecule has 0 bridgehead atoms. The average Bonchev–Trinajstić information content (AvgIpc) is 2.26. The minimum Gasteiger partial charge on any atom is -0.493 e. The zero-order valence-electron chi connectivity index (χ0n) is 8.31. The van der Waals surface area contributed by atoms with Crippen molar-refractivity contribution in [3.05, 3.63) is 23.8 Å². The summed E-state index contributed by atoms with van der Waals surface area (Å²) < 4.78 is 9.87. The molecule has 0 saturated heterocycles. The highest BCUT2D eigenvalue weighted by Crippen LogP contribution is 2.30. The highest BCUT2D eigenvalue weighted by molar-refractivity contribution is 6.40. The topological polar surface area (TPSA) is 72.8 Å². The monoisotopic (exact) mass is 210 g/mol. The summed E-state index contributed by atoms with van der Waals surface area (Å²) in [4.78, 5) is 21.8. The van der Waals surface area contributed by atoms with Crippen molar-refractivity contribution in [2.24, 2.45) is 0 Å². The number of carboxylic acid groups (broad SMARTS) is 1. The normalized spacial score (nSPS) is 9.47. The molecule has 0 heterocycles. The van der Waals surface area contributed by atoms with Gasteiger partial charge in [-0.05, 0) is 12.1 Å². The van der Waals surface area contributed by atoms with Crippen molar-refractivity contribution in [3.63, 3.8) is 0 Å². The van der Waals surface area contributed by atoms with E-state index in [0.29, 0.717) is 5.75 Å². The van der Waals surface area contributed by atoms with E-state index < -0.39 is 11.8 Å². The highest BCUT2D eigenvalue weighted by atomic mass is 16.5. The van der Waals surface area contributed by atoms with Gasteiger partial charge in [-0.1, -0.05) is 6.07 Å². The third-order valence-corrected chi connectivity index (χ3v) is 1.84. The number of carbonyl (C=O) groups excluding carboxylic acids is 1. The van der Waals surface area contributed by atoms with Crippen molar-refractivity contribution < 1.29 is 24.2 Å². The molecular weight excluding hydrogens is 200 g/mol. The van der Waals surface area contributed by atoms with Crippen molar-refractivity contribution in [3.8, 4) is 11.5 Å². The van der Waals surface area contributed by atoms with Crippen LogP contribution in [-0.4, -0.2) is 31.1 Å². The number of benzene rings is 1. The predicted molar refractivity (Wildman–Crippen MR) is 51.5 cm³/mol. The van der Waals surface area contributed by atoms with Gasteiger partial charge in [0.25, 0.3) is 5.78 Å². The van der Waals surface area contributed by atoms with E-state index in [1.165, 1.54) is 26.4 Å². The Bertz CT molecular complexity index is 397. The van der Waals surface area contributed by atoms with Crippen LogP contribution in [0, 0.1) is 0 Å². The van der Waals surface area contributed by atoms with Gasteiger partial charge in [0, 0.05) is 0 Å². The van der Waals surface area contributed by atoms with E-state index in [0.717, 1.165) is 0 Å². The van der Waals surface area contributed by atoms with Gasteiger partial charge in [-0.3, -0.25) is 4.79 Å². The number of para-hydroxylation sites is 1. The molecule has 0 spiro atoms. The minimum absolute atomic E-state index is 0.0237. The minimum atomic E-state index is -1.53. The maximum Gasteiger partial charge on any atom is 0.377 e. The molecule has 80 valence electrons. The first kappa shape index (κ1) is 11.0. The summed E-state index contributed by atoms with van der Waals surface area (Å²) in [6, 6.07) is 4.48. The zero-order valence-corrected chi connectivity index (χ0v) is 8.31. The van der Waals surface area contributed by atoms with Gasteiger partial charge in [0.05, 0.1) is 19.8 Å². The molecule has 1 aromatic carbocycles. The Morgan fingerprint density at radius 2 is 1.87 bits per heavy atom. The number of Topliss-reactive ketones (excluding diaryl/α,β-unsaturated/α-hetero) is 1. The summed E-state index contributed by atoms with van der Waals surface area (Å²) in [5, 5.41) is 8.57. The number of ketones is 1. The molecule has 0 saturated carbocycles. The molecule has 0 aliphatic rings. The number of hydrogen-bond acceptors (Lipinski definition) is 4. The fourth-order valence-corrected chi connectivity index (χ4v) is 1.18. The third-order valence-electron chi connectivity index (χ3n) is 1.84. The fourth-order valence-electron chi connectivity index (χ4n) is 1.18. The van der Waals surface area contributed by atoms with Gasteiger partial charge in [0.15, 0.2) is 11.5 Å². The second-order valence-corrected chi connectivity index (χ2v) is 2.68. The number of hydrogen-bond donors (Lipinski definition) is 1. The summed E-state index contributed by atoms with van der Waals surface area (Å²) in [5.74, 6) is -2.09. The van der Waals surface area contributed by atoms with Gasteiger partial charge in [-0.25, -0.2) is 4.79 Å². The van der Waals surface area contributed by atoms with Crippen LogP contribution in [0.3, 0.4) is 0 Å². The lowest BCUT2D eigenvalue weighted by molar-refractivity contribution is -0.131. The fraction of sp³-hybridized carbons (Fsp3) is 0.200. The molecule has 0 unspecified atom stereocenters. The SMILES string of the molecule is COc1cccc(C(=O)C(=O)O)c1OC. The van der Waals surface area contributed by atoms with Crippen LogP contribution in [0.5, 0.6) is 11.5 Å². The van der Waals surface area contributed by atoms with Crippen LogP contribution >= 0.6 is 0 Å². The molecule has 0 radical (unpaired) electrons. The first-order chi connectivity index (χ1) is 7.11. The van der Waals surface area contributed by atoms with E-state index in [2.05, 4.69) is 0 Å². The molecule has 0 atom stereocenters. The maximum atomic E-state index is 11.3. The van der Waals surface area contributed by atoms with Crippen LogP contribution in [0.2, 0.25) is 0 Å². The molecule has 0 aliphatic carbocycles.